The first-order valence-corrected chi connectivity index (χ1v) is 7.26. The van der Waals surface area contributed by atoms with Gasteiger partial charge in [0.15, 0.2) is 0 Å². The van der Waals surface area contributed by atoms with Gasteiger partial charge in [-0.05, 0) is 44.0 Å². The molecule has 0 fully saturated rings. The molecule has 0 unspecified atom stereocenters. The van der Waals surface area contributed by atoms with Crippen LogP contribution in [0.25, 0.3) is 16.7 Å². The summed E-state index contributed by atoms with van der Waals surface area (Å²) < 4.78 is 2.19. The second-order valence-corrected chi connectivity index (χ2v) is 5.50. The van der Waals surface area contributed by atoms with Crippen LogP contribution in [0.15, 0.2) is 36.4 Å². The van der Waals surface area contributed by atoms with Crippen molar-refractivity contribution in [3.05, 3.63) is 58.9 Å². The molecule has 0 saturated heterocycles. The molecule has 2 aromatic carbocycles. The van der Waals surface area contributed by atoms with E-state index in [1.54, 1.807) is 0 Å². The van der Waals surface area contributed by atoms with Gasteiger partial charge >= 0.3 is 0 Å². The number of nitrogens with zero attached hydrogens (tertiary/aromatic N) is 2. The van der Waals surface area contributed by atoms with E-state index >= 15 is 0 Å². The summed E-state index contributed by atoms with van der Waals surface area (Å²) in [6.45, 7) is 6.35. The molecule has 0 spiro atoms. The van der Waals surface area contributed by atoms with Crippen LogP contribution in [0.1, 0.15) is 22.5 Å². The first-order chi connectivity index (χ1) is 9.61. The summed E-state index contributed by atoms with van der Waals surface area (Å²) in [5.74, 6) is 1.30. The van der Waals surface area contributed by atoms with Crippen molar-refractivity contribution in [3.63, 3.8) is 0 Å². The van der Waals surface area contributed by atoms with Gasteiger partial charge in [0, 0.05) is 0 Å². The SMILES string of the molecule is Cc1ccc(-n2c(CCl)nc3cccc(C)c32)c(C)c1. The van der Waals surface area contributed by atoms with Gasteiger partial charge in [0.2, 0.25) is 0 Å². The van der Waals surface area contributed by atoms with Gasteiger partial charge in [-0.25, -0.2) is 4.98 Å². The lowest BCUT2D eigenvalue weighted by atomic mass is 10.1. The zero-order valence-corrected chi connectivity index (χ0v) is 12.7. The predicted molar refractivity (Wildman–Crippen MR) is 84.8 cm³/mol. The molecule has 3 heteroatoms. The molecule has 102 valence electrons. The molecule has 20 heavy (non-hydrogen) atoms. The van der Waals surface area contributed by atoms with Crippen molar-refractivity contribution in [1.82, 2.24) is 9.55 Å². The van der Waals surface area contributed by atoms with Crippen LogP contribution in [0.5, 0.6) is 0 Å². The lowest BCUT2D eigenvalue weighted by molar-refractivity contribution is 0.968. The standard InChI is InChI=1S/C17H17ClN2/c1-11-7-8-15(13(3)9-11)20-16(10-18)19-14-6-4-5-12(2)17(14)20/h4-9H,10H2,1-3H3. The number of alkyl halides is 1. The van der Waals surface area contributed by atoms with Gasteiger partial charge in [-0.1, -0.05) is 29.8 Å². The van der Waals surface area contributed by atoms with Gasteiger partial charge in [0.25, 0.3) is 0 Å². The highest BCUT2D eigenvalue weighted by atomic mass is 35.5. The first-order valence-electron chi connectivity index (χ1n) is 6.72. The third-order valence-corrected chi connectivity index (χ3v) is 3.90. The van der Waals surface area contributed by atoms with Crippen LogP contribution in [-0.4, -0.2) is 9.55 Å². The van der Waals surface area contributed by atoms with Gasteiger partial charge < -0.3 is 0 Å². The van der Waals surface area contributed by atoms with Crippen LogP contribution >= 0.6 is 11.6 Å². The Morgan fingerprint density at radius 1 is 1.05 bits per heavy atom. The van der Waals surface area contributed by atoms with E-state index in [1.807, 2.05) is 12.1 Å². The number of imidazole rings is 1. The third kappa shape index (κ3) is 2.01. The minimum atomic E-state index is 0.404. The quantitative estimate of drug-likeness (QED) is 0.624. The van der Waals surface area contributed by atoms with Crippen LogP contribution in [0.4, 0.5) is 0 Å². The molecule has 0 aliphatic heterocycles. The summed E-state index contributed by atoms with van der Waals surface area (Å²) >= 11 is 6.11. The number of aryl methyl sites for hydroxylation is 3. The van der Waals surface area contributed by atoms with E-state index in [1.165, 1.54) is 16.7 Å². The molecule has 0 atom stereocenters. The normalized spacial score (nSPS) is 11.2. The molecular weight excluding hydrogens is 268 g/mol. The Labute approximate surface area is 124 Å². The maximum absolute atomic E-state index is 6.11. The molecule has 0 aliphatic carbocycles. The maximum Gasteiger partial charge on any atom is 0.129 e. The molecule has 1 aromatic heterocycles. The summed E-state index contributed by atoms with van der Waals surface area (Å²) in [5.41, 5.74) is 7.02. The number of rotatable bonds is 2. The lowest BCUT2D eigenvalue weighted by Gasteiger charge is -2.13. The highest BCUT2D eigenvalue weighted by Gasteiger charge is 2.14. The summed E-state index contributed by atoms with van der Waals surface area (Å²) in [6, 6.07) is 12.7. The fraction of sp³-hybridized carbons (Fsp3) is 0.235. The van der Waals surface area contributed by atoms with E-state index in [9.17, 15) is 0 Å². The van der Waals surface area contributed by atoms with Crippen molar-refractivity contribution in [1.29, 1.82) is 0 Å². The van der Waals surface area contributed by atoms with E-state index < -0.39 is 0 Å². The van der Waals surface area contributed by atoms with Crippen molar-refractivity contribution in [2.45, 2.75) is 26.7 Å². The number of hydrogen-bond donors (Lipinski definition) is 0. The van der Waals surface area contributed by atoms with E-state index in [4.69, 9.17) is 11.6 Å². The molecular formula is C17H17ClN2. The zero-order chi connectivity index (χ0) is 14.3. The number of halogens is 1. The Bertz CT molecular complexity index is 787. The second kappa shape index (κ2) is 4.95. The fourth-order valence-corrected chi connectivity index (χ4v) is 2.93. The Balaban J connectivity index is 2.39. The smallest absolute Gasteiger partial charge is 0.129 e. The van der Waals surface area contributed by atoms with Crippen LogP contribution in [0, 0.1) is 20.8 Å². The Morgan fingerprint density at radius 2 is 1.85 bits per heavy atom. The number of aromatic nitrogens is 2. The van der Waals surface area contributed by atoms with E-state index in [0.717, 1.165) is 22.5 Å². The molecule has 2 nitrogen and oxygen atoms in total. The molecule has 3 aromatic rings. The van der Waals surface area contributed by atoms with Crippen LogP contribution in [-0.2, 0) is 5.88 Å². The molecule has 0 saturated carbocycles. The third-order valence-electron chi connectivity index (χ3n) is 3.66. The second-order valence-electron chi connectivity index (χ2n) is 5.23. The number of hydrogen-bond acceptors (Lipinski definition) is 1. The number of para-hydroxylation sites is 1. The van der Waals surface area contributed by atoms with Gasteiger partial charge in [-0.2, -0.15) is 0 Å². The molecule has 0 amide bonds. The van der Waals surface area contributed by atoms with Gasteiger partial charge in [0.1, 0.15) is 5.82 Å². The van der Waals surface area contributed by atoms with Crippen molar-refractivity contribution >= 4 is 22.6 Å². The largest absolute Gasteiger partial charge is 0.295 e. The fourth-order valence-electron chi connectivity index (χ4n) is 2.75. The molecule has 3 rings (SSSR count). The van der Waals surface area contributed by atoms with Gasteiger partial charge in [0.05, 0.1) is 22.6 Å². The Hall–Kier alpha value is -1.80. The minimum Gasteiger partial charge on any atom is -0.295 e. The van der Waals surface area contributed by atoms with Gasteiger partial charge in [-0.3, -0.25) is 4.57 Å². The summed E-state index contributed by atoms with van der Waals surface area (Å²) in [6.07, 6.45) is 0. The van der Waals surface area contributed by atoms with E-state index in [0.29, 0.717) is 5.88 Å². The number of benzene rings is 2. The van der Waals surface area contributed by atoms with E-state index in [2.05, 4.69) is 54.6 Å². The van der Waals surface area contributed by atoms with Crippen LogP contribution < -0.4 is 0 Å². The summed E-state index contributed by atoms with van der Waals surface area (Å²) in [7, 11) is 0. The average Bonchev–Trinajstić information content (AvgIpc) is 2.79. The summed E-state index contributed by atoms with van der Waals surface area (Å²) in [5, 5.41) is 0. The number of fused-ring (bicyclic) bond motifs is 1. The van der Waals surface area contributed by atoms with Crippen molar-refractivity contribution < 1.29 is 0 Å². The molecule has 0 aliphatic rings. The molecule has 1 heterocycles. The lowest BCUT2D eigenvalue weighted by Crippen LogP contribution is -2.02. The van der Waals surface area contributed by atoms with Crippen LogP contribution in [0.3, 0.4) is 0 Å². The van der Waals surface area contributed by atoms with Crippen molar-refractivity contribution in [3.8, 4) is 5.69 Å². The Morgan fingerprint density at radius 3 is 2.55 bits per heavy atom. The molecule has 0 radical (unpaired) electrons. The zero-order valence-electron chi connectivity index (χ0n) is 11.9. The van der Waals surface area contributed by atoms with E-state index in [-0.39, 0.29) is 0 Å². The highest BCUT2D eigenvalue weighted by Crippen LogP contribution is 2.27. The Kier molecular flexibility index (Phi) is 3.27. The topological polar surface area (TPSA) is 17.8 Å². The van der Waals surface area contributed by atoms with Crippen molar-refractivity contribution in [2.75, 3.05) is 0 Å². The van der Waals surface area contributed by atoms with Gasteiger partial charge in [-0.15, -0.1) is 11.6 Å². The highest BCUT2D eigenvalue weighted by molar-refractivity contribution is 6.17. The minimum absolute atomic E-state index is 0.404. The maximum atomic E-state index is 6.11. The first kappa shape index (κ1) is 13.2. The predicted octanol–water partition coefficient (Wildman–Crippen LogP) is 4.69. The summed E-state index contributed by atoms with van der Waals surface area (Å²) in [4.78, 5) is 4.66. The van der Waals surface area contributed by atoms with Crippen LogP contribution in [0.2, 0.25) is 0 Å². The average molecular weight is 285 g/mol. The van der Waals surface area contributed by atoms with Crippen molar-refractivity contribution in [2.24, 2.45) is 0 Å². The monoisotopic (exact) mass is 284 g/mol. The molecule has 0 N–H and O–H groups in total. The molecule has 0 bridgehead atoms.